The van der Waals surface area contributed by atoms with Gasteiger partial charge in [-0.05, 0) is 54.6 Å². The van der Waals surface area contributed by atoms with E-state index < -0.39 is 76.7 Å². The molecule has 3 aromatic rings. The molecule has 39 heavy (non-hydrogen) atoms. The molecule has 3 rings (SSSR count). The zero-order chi connectivity index (χ0) is 26.3. The molecule has 0 aliphatic heterocycles. The Balaban J connectivity index is 0. The van der Waals surface area contributed by atoms with Gasteiger partial charge in [-0.1, -0.05) is 11.8 Å². The quantitative estimate of drug-likeness (QED) is 0.0376. The molecule has 21 heteroatoms. The van der Waals surface area contributed by atoms with E-state index in [4.69, 9.17) is 0 Å². The zero-order valence-electron chi connectivity index (χ0n) is 20.7. The third-order valence-corrected chi connectivity index (χ3v) is 7.02. The molecule has 0 saturated carbocycles. The Labute approximate surface area is 266 Å². The van der Waals surface area contributed by atoms with E-state index in [1.165, 1.54) is 12.1 Å². The van der Waals surface area contributed by atoms with E-state index in [2.05, 4.69) is 15.2 Å². The van der Waals surface area contributed by atoms with Crippen molar-refractivity contribution >= 4 is 66.9 Å². The average Bonchev–Trinajstić information content (AvgIpc) is 2.70. The summed E-state index contributed by atoms with van der Waals surface area (Å²) < 4.78 is 77.5. The number of fused-ring (bicyclic) bond motifs is 1. The van der Waals surface area contributed by atoms with Crippen molar-refractivity contribution in [2.45, 2.75) is 16.7 Å². The van der Waals surface area contributed by atoms with Gasteiger partial charge in [-0.3, -0.25) is 18.7 Å². The van der Waals surface area contributed by atoms with Crippen LogP contribution in [0.15, 0.2) is 67.5 Å². The van der Waals surface area contributed by atoms with Crippen LogP contribution in [0.1, 0.15) is 6.92 Å². The predicted octanol–water partition coefficient (Wildman–Crippen LogP) is -4.63. The van der Waals surface area contributed by atoms with E-state index in [1.807, 2.05) is 0 Å². The first-order chi connectivity index (χ1) is 16.0. The van der Waals surface area contributed by atoms with Crippen LogP contribution in [-0.4, -0.2) is 41.6 Å². The molecule has 0 radical (unpaired) electrons. The van der Waals surface area contributed by atoms with Gasteiger partial charge in [0.25, 0.3) is 20.2 Å². The van der Waals surface area contributed by atoms with Crippen LogP contribution >= 0.6 is 7.60 Å². The van der Waals surface area contributed by atoms with Crippen LogP contribution in [0.5, 0.6) is 5.75 Å². The smallest absolute Gasteiger partial charge is 0.870 e. The Morgan fingerprint density at radius 3 is 2.00 bits per heavy atom. The third-order valence-electron chi connectivity index (χ3n) is 4.37. The van der Waals surface area contributed by atoms with Crippen LogP contribution in [0.2, 0.25) is 0 Å². The van der Waals surface area contributed by atoms with E-state index >= 15 is 0 Å². The molecular weight excluding hydrogens is 603 g/mol. The largest absolute Gasteiger partial charge is 1.00 e. The first kappa shape index (κ1) is 39.8. The second-order valence-corrected chi connectivity index (χ2v) is 11.4. The molecule has 0 aliphatic rings. The van der Waals surface area contributed by atoms with E-state index in [9.17, 15) is 50.5 Å². The minimum atomic E-state index is -5.16. The van der Waals surface area contributed by atoms with Gasteiger partial charge in [0.15, 0.2) is 0 Å². The van der Waals surface area contributed by atoms with Crippen LogP contribution in [0.4, 0.5) is 17.1 Å². The standard InChI is InChI=1S/C18H16N3O11PS2.2H3N.2Na/c1-9(22)19-14-8-13(34(27,28)29)5-10-6-15(35(30,31)32)17(18(23)16(10)14)21-20-11-3-2-4-12(7-11)33(24,25)26;;;;/h2-8,23H,1H3,(H,19,22)(H2,24,25,26)(H,27,28,29)(H,30,31,32);2*1H3;;/q;;;2*+1/p-2. The first-order valence-electron chi connectivity index (χ1n) is 9.05. The van der Waals surface area contributed by atoms with Gasteiger partial charge >= 0.3 is 66.7 Å². The van der Waals surface area contributed by atoms with Crippen LogP contribution in [0.3, 0.4) is 0 Å². The number of hydrogen-bond acceptors (Lipinski definition) is 12. The Hall–Kier alpha value is -1.32. The molecule has 0 amide bonds. The van der Waals surface area contributed by atoms with E-state index in [1.54, 1.807) is 0 Å². The fourth-order valence-electron chi connectivity index (χ4n) is 2.97. The summed E-state index contributed by atoms with van der Waals surface area (Å²) in [6, 6.07) is 6.57. The number of hydrogen-bond donors (Lipinski definition) is 6. The number of benzene rings is 3. The molecule has 0 aromatic heterocycles. The number of azo groups is 1. The summed E-state index contributed by atoms with van der Waals surface area (Å²) in [5.41, 5.74) is -1.68. The molecule has 0 bridgehead atoms. The molecule has 0 atom stereocenters. The summed E-state index contributed by atoms with van der Waals surface area (Å²) in [7, 11) is -14.7. The van der Waals surface area contributed by atoms with Gasteiger partial charge in [-0.15, -0.1) is 5.11 Å². The minimum absolute atomic E-state index is 0. The SMILES string of the molecule is CC([O-])=Nc1cc(S(=O)(=O)O)cc2cc(S(=O)(=O)O)c(N=Nc3cccc(P(=O)(O)O)c3)c([O-])c12.N.N.[Na+].[Na+]. The number of nitrogens with zero attached hydrogens (tertiary/aromatic N) is 3. The molecule has 0 heterocycles. The van der Waals surface area contributed by atoms with Crippen molar-refractivity contribution in [1.82, 2.24) is 12.3 Å². The van der Waals surface area contributed by atoms with Crippen molar-refractivity contribution in [3.63, 3.8) is 0 Å². The van der Waals surface area contributed by atoms with Gasteiger partial charge < -0.3 is 32.3 Å². The molecule has 0 aliphatic carbocycles. The molecule has 0 spiro atoms. The fraction of sp³-hybridized carbons (Fsp3) is 0.0556. The molecule has 0 unspecified atom stereocenters. The molecule has 0 saturated heterocycles. The van der Waals surface area contributed by atoms with E-state index in [0.717, 1.165) is 25.1 Å². The number of rotatable bonds is 6. The van der Waals surface area contributed by atoms with E-state index in [-0.39, 0.29) is 77.1 Å². The molecule has 0 fully saturated rings. The Morgan fingerprint density at radius 2 is 1.51 bits per heavy atom. The monoisotopic (exact) mass is 623 g/mol. The van der Waals surface area contributed by atoms with Gasteiger partial charge in [0.1, 0.15) is 4.90 Å². The Bertz CT molecular complexity index is 1690. The van der Waals surface area contributed by atoms with Crippen LogP contribution in [0.25, 0.3) is 10.8 Å². The van der Waals surface area contributed by atoms with Crippen molar-refractivity contribution < 1.29 is 110 Å². The van der Waals surface area contributed by atoms with Gasteiger partial charge in [0, 0.05) is 5.39 Å². The molecule has 3 aromatic carbocycles. The molecule has 10 N–H and O–H groups in total. The summed E-state index contributed by atoms with van der Waals surface area (Å²) in [6.07, 6.45) is 0. The maximum Gasteiger partial charge on any atom is 1.00 e. The summed E-state index contributed by atoms with van der Waals surface area (Å²) >= 11 is 0. The van der Waals surface area contributed by atoms with Crippen molar-refractivity contribution in [3.8, 4) is 5.75 Å². The van der Waals surface area contributed by atoms with Crippen molar-refractivity contribution in [2.75, 3.05) is 0 Å². The summed E-state index contributed by atoms with van der Waals surface area (Å²) in [6.45, 7) is 0.984. The van der Waals surface area contributed by atoms with Crippen LogP contribution in [0, 0.1) is 0 Å². The fourth-order valence-corrected chi connectivity index (χ4v) is 4.74. The zero-order valence-corrected chi connectivity index (χ0v) is 27.2. The Kier molecular flexibility index (Phi) is 14.8. The van der Waals surface area contributed by atoms with Crippen molar-refractivity contribution in [1.29, 1.82) is 0 Å². The van der Waals surface area contributed by atoms with Crippen molar-refractivity contribution in [2.24, 2.45) is 15.2 Å². The minimum Gasteiger partial charge on any atom is -0.870 e. The maximum atomic E-state index is 13.2. The molecule has 202 valence electrons. The van der Waals surface area contributed by atoms with Crippen LogP contribution < -0.4 is 86.9 Å². The van der Waals surface area contributed by atoms with Crippen molar-refractivity contribution in [3.05, 3.63) is 42.5 Å². The van der Waals surface area contributed by atoms with Gasteiger partial charge in [-0.2, -0.15) is 21.9 Å². The molecular formula is C18H20N5Na2O11PS2. The second kappa shape index (κ2) is 14.5. The maximum absolute atomic E-state index is 13.2. The summed E-state index contributed by atoms with van der Waals surface area (Å²) in [4.78, 5) is 20.2. The second-order valence-electron chi connectivity index (χ2n) is 6.94. The Morgan fingerprint density at radius 1 is 0.923 bits per heavy atom. The first-order valence-corrected chi connectivity index (χ1v) is 13.5. The summed E-state index contributed by atoms with van der Waals surface area (Å²) in [5, 5.41) is 30.5. The molecule has 16 nitrogen and oxygen atoms in total. The van der Waals surface area contributed by atoms with Gasteiger partial charge in [0.2, 0.25) is 0 Å². The average molecular weight is 623 g/mol. The van der Waals surface area contributed by atoms with Crippen LogP contribution in [-0.2, 0) is 24.8 Å². The predicted molar refractivity (Wildman–Crippen MR) is 128 cm³/mol. The normalized spacial score (nSPS) is 12.2. The third kappa shape index (κ3) is 9.63. The number of aliphatic imine (C=N–C) groups is 1. The van der Waals surface area contributed by atoms with E-state index in [0.29, 0.717) is 12.1 Å². The topological polar surface area (TPSA) is 319 Å². The summed E-state index contributed by atoms with van der Waals surface area (Å²) in [5.74, 6) is -2.10. The van der Waals surface area contributed by atoms with Gasteiger partial charge in [0.05, 0.1) is 27.3 Å². The van der Waals surface area contributed by atoms with Gasteiger partial charge in [-0.25, -0.2) is 0 Å².